The molecule has 26 heavy (non-hydrogen) atoms. The monoisotopic (exact) mass is 443 g/mol. The van der Waals surface area contributed by atoms with E-state index < -0.39 is 6.43 Å². The minimum absolute atomic E-state index is 0.102. The van der Waals surface area contributed by atoms with Gasteiger partial charge in [-0.15, -0.1) is 16.4 Å². The molecule has 2 N–H and O–H groups in total. The van der Waals surface area contributed by atoms with Crippen LogP contribution in [-0.2, 0) is 13.0 Å². The molecule has 1 unspecified atom stereocenters. The van der Waals surface area contributed by atoms with Gasteiger partial charge in [-0.2, -0.15) is 5.10 Å². The van der Waals surface area contributed by atoms with E-state index in [1.807, 2.05) is 0 Å². The second kappa shape index (κ2) is 6.83. The Kier molecular flexibility index (Phi) is 4.53. The third kappa shape index (κ3) is 3.26. The average Bonchev–Trinajstić information content (AvgIpc) is 3.32. The SMILES string of the molecule is O=C(NC1CCn2nc(Br)nc2C1)c1[nH]ncc1-c1nc(C(F)F)cs1. The van der Waals surface area contributed by atoms with Crippen LogP contribution >= 0.6 is 27.3 Å². The Morgan fingerprint density at radius 1 is 1.46 bits per heavy atom. The summed E-state index contributed by atoms with van der Waals surface area (Å²) in [7, 11) is 0. The lowest BCUT2D eigenvalue weighted by Gasteiger charge is -2.23. The van der Waals surface area contributed by atoms with Gasteiger partial charge < -0.3 is 5.32 Å². The van der Waals surface area contributed by atoms with Crippen molar-refractivity contribution in [1.29, 1.82) is 0 Å². The number of nitrogens with zero attached hydrogens (tertiary/aromatic N) is 5. The molecule has 0 saturated heterocycles. The average molecular weight is 444 g/mol. The van der Waals surface area contributed by atoms with E-state index >= 15 is 0 Å². The number of aryl methyl sites for hydroxylation is 1. The number of aromatic nitrogens is 6. The van der Waals surface area contributed by atoms with E-state index in [4.69, 9.17) is 0 Å². The van der Waals surface area contributed by atoms with Gasteiger partial charge in [0.2, 0.25) is 4.73 Å². The van der Waals surface area contributed by atoms with Gasteiger partial charge in [-0.25, -0.2) is 23.4 Å². The van der Waals surface area contributed by atoms with Crippen molar-refractivity contribution in [2.24, 2.45) is 0 Å². The van der Waals surface area contributed by atoms with Crippen LogP contribution in [-0.4, -0.2) is 41.9 Å². The van der Waals surface area contributed by atoms with Gasteiger partial charge in [0.1, 0.15) is 22.2 Å². The lowest BCUT2D eigenvalue weighted by Crippen LogP contribution is -2.40. The van der Waals surface area contributed by atoms with Crippen LogP contribution in [0.5, 0.6) is 0 Å². The van der Waals surface area contributed by atoms with Crippen LogP contribution < -0.4 is 5.32 Å². The highest BCUT2D eigenvalue weighted by molar-refractivity contribution is 9.10. The summed E-state index contributed by atoms with van der Waals surface area (Å²) in [6.45, 7) is 0.652. The molecule has 8 nitrogen and oxygen atoms in total. The van der Waals surface area contributed by atoms with Crippen LogP contribution in [0.4, 0.5) is 8.78 Å². The standard InChI is InChI=1S/C14H12BrF2N7OS/c15-14-21-9-3-6(1-2-24(9)23-14)19-12(25)10-7(4-18-22-10)13-20-8(5-26-13)11(16)17/h4-6,11H,1-3H2,(H,18,22)(H,19,25). The number of hydrogen-bond donors (Lipinski definition) is 2. The maximum Gasteiger partial charge on any atom is 0.281 e. The molecule has 1 atom stereocenters. The highest BCUT2D eigenvalue weighted by atomic mass is 79.9. The van der Waals surface area contributed by atoms with E-state index in [9.17, 15) is 13.6 Å². The zero-order valence-electron chi connectivity index (χ0n) is 13.1. The predicted octanol–water partition coefficient (Wildman–Crippen LogP) is 2.57. The third-order valence-electron chi connectivity index (χ3n) is 4.02. The second-order valence-electron chi connectivity index (χ2n) is 5.72. The molecule has 0 aromatic carbocycles. The minimum atomic E-state index is -2.65. The zero-order chi connectivity index (χ0) is 18.3. The number of H-pyrrole nitrogens is 1. The molecule has 3 aromatic heterocycles. The van der Waals surface area contributed by atoms with Gasteiger partial charge in [0.15, 0.2) is 0 Å². The van der Waals surface area contributed by atoms with Crippen LogP contribution in [0, 0.1) is 0 Å². The van der Waals surface area contributed by atoms with Gasteiger partial charge in [0, 0.05) is 24.4 Å². The molecule has 1 amide bonds. The first kappa shape index (κ1) is 17.2. The molecule has 0 saturated carbocycles. The molecule has 1 aliphatic heterocycles. The van der Waals surface area contributed by atoms with Crippen molar-refractivity contribution in [3.63, 3.8) is 0 Å². The topological polar surface area (TPSA) is 101 Å². The minimum Gasteiger partial charge on any atom is -0.347 e. The van der Waals surface area contributed by atoms with Crippen molar-refractivity contribution >= 4 is 33.2 Å². The van der Waals surface area contributed by atoms with Crippen molar-refractivity contribution in [1.82, 2.24) is 35.3 Å². The second-order valence-corrected chi connectivity index (χ2v) is 7.29. The Hall–Kier alpha value is -2.21. The molecule has 0 bridgehead atoms. The summed E-state index contributed by atoms with van der Waals surface area (Å²) in [5, 5.41) is 15.2. The molecule has 3 aromatic rings. The Balaban J connectivity index is 1.50. The summed E-state index contributed by atoms with van der Waals surface area (Å²) in [6, 6.07) is -0.102. The first-order chi connectivity index (χ1) is 12.5. The number of hydrogen-bond acceptors (Lipinski definition) is 6. The molecular weight excluding hydrogens is 432 g/mol. The van der Waals surface area contributed by atoms with E-state index in [1.165, 1.54) is 11.6 Å². The number of carbonyl (C=O) groups is 1. The molecule has 0 radical (unpaired) electrons. The van der Waals surface area contributed by atoms with E-state index in [0.717, 1.165) is 17.2 Å². The lowest BCUT2D eigenvalue weighted by molar-refractivity contribution is 0.0925. The summed E-state index contributed by atoms with van der Waals surface area (Å²) in [6.07, 6.45) is 0.0336. The van der Waals surface area contributed by atoms with Gasteiger partial charge in [0.05, 0.1) is 11.8 Å². The molecule has 0 fully saturated rings. The van der Waals surface area contributed by atoms with Crippen LogP contribution in [0.1, 0.15) is 34.9 Å². The van der Waals surface area contributed by atoms with Crippen molar-refractivity contribution < 1.29 is 13.6 Å². The van der Waals surface area contributed by atoms with Crippen molar-refractivity contribution in [3.8, 4) is 10.6 Å². The Morgan fingerprint density at radius 3 is 3.08 bits per heavy atom. The number of alkyl halides is 2. The molecule has 4 heterocycles. The van der Waals surface area contributed by atoms with E-state index in [1.54, 1.807) is 4.68 Å². The number of rotatable bonds is 4. The largest absolute Gasteiger partial charge is 0.347 e. The van der Waals surface area contributed by atoms with Gasteiger partial charge in [-0.1, -0.05) is 0 Å². The van der Waals surface area contributed by atoms with Crippen LogP contribution in [0.2, 0.25) is 0 Å². The molecule has 0 aliphatic carbocycles. The van der Waals surface area contributed by atoms with Gasteiger partial charge in [0.25, 0.3) is 12.3 Å². The Bertz CT molecular complexity index is 953. The lowest BCUT2D eigenvalue weighted by atomic mass is 10.1. The van der Waals surface area contributed by atoms with Crippen LogP contribution in [0.15, 0.2) is 16.3 Å². The highest BCUT2D eigenvalue weighted by Gasteiger charge is 2.26. The number of fused-ring (bicyclic) bond motifs is 1. The molecule has 1 aliphatic rings. The normalized spacial score (nSPS) is 16.7. The number of nitrogens with one attached hydrogen (secondary N) is 2. The molecule has 136 valence electrons. The molecule has 0 spiro atoms. The number of carbonyl (C=O) groups excluding carboxylic acids is 1. The summed E-state index contributed by atoms with van der Waals surface area (Å²) in [5.41, 5.74) is 0.296. The maximum atomic E-state index is 12.7. The van der Waals surface area contributed by atoms with E-state index in [-0.39, 0.29) is 23.3 Å². The predicted molar refractivity (Wildman–Crippen MR) is 91.9 cm³/mol. The zero-order valence-corrected chi connectivity index (χ0v) is 15.5. The van der Waals surface area contributed by atoms with E-state index in [2.05, 4.69) is 46.5 Å². The van der Waals surface area contributed by atoms with E-state index in [0.29, 0.717) is 34.7 Å². The Morgan fingerprint density at radius 2 is 2.31 bits per heavy atom. The molecule has 4 rings (SSSR count). The smallest absolute Gasteiger partial charge is 0.281 e. The first-order valence-electron chi connectivity index (χ1n) is 7.68. The van der Waals surface area contributed by atoms with Crippen molar-refractivity contribution in [2.45, 2.75) is 31.9 Å². The quantitative estimate of drug-likeness (QED) is 0.644. The van der Waals surface area contributed by atoms with Crippen molar-refractivity contribution in [2.75, 3.05) is 0 Å². The fourth-order valence-electron chi connectivity index (χ4n) is 2.79. The van der Waals surface area contributed by atoms with Gasteiger partial charge >= 0.3 is 0 Å². The van der Waals surface area contributed by atoms with Crippen molar-refractivity contribution in [3.05, 3.63) is 33.5 Å². The summed E-state index contributed by atoms with van der Waals surface area (Å²) >= 11 is 4.29. The first-order valence-corrected chi connectivity index (χ1v) is 9.36. The molecule has 12 heteroatoms. The maximum absolute atomic E-state index is 12.7. The third-order valence-corrected chi connectivity index (χ3v) is 5.25. The summed E-state index contributed by atoms with van der Waals surface area (Å²) in [4.78, 5) is 20.8. The summed E-state index contributed by atoms with van der Waals surface area (Å²) < 4.78 is 27.8. The highest BCUT2D eigenvalue weighted by Crippen LogP contribution is 2.29. The van der Waals surface area contributed by atoms with Gasteiger partial charge in [-0.05, 0) is 22.4 Å². The fourth-order valence-corrected chi connectivity index (χ4v) is 4.01. The van der Waals surface area contributed by atoms with Crippen LogP contribution in [0.25, 0.3) is 10.6 Å². The fraction of sp³-hybridized carbons (Fsp3) is 0.357. The Labute approximate surface area is 158 Å². The van der Waals surface area contributed by atoms with Crippen LogP contribution in [0.3, 0.4) is 0 Å². The van der Waals surface area contributed by atoms with Gasteiger partial charge in [-0.3, -0.25) is 9.89 Å². The summed E-state index contributed by atoms with van der Waals surface area (Å²) in [5.74, 6) is 0.433. The molecular formula is C14H12BrF2N7OS. The number of aromatic amines is 1. The number of halogens is 3. The number of amides is 1. The number of thiazole rings is 1.